The number of esters is 2. The van der Waals surface area contributed by atoms with Crippen molar-refractivity contribution in [1.29, 1.82) is 0 Å². The van der Waals surface area contributed by atoms with Gasteiger partial charge in [-0.15, -0.1) is 11.8 Å². The second kappa shape index (κ2) is 18.9. The van der Waals surface area contributed by atoms with Crippen molar-refractivity contribution < 1.29 is 32.9 Å². The van der Waals surface area contributed by atoms with Gasteiger partial charge in [-0.2, -0.15) is 4.98 Å². The first-order chi connectivity index (χ1) is 23.1. The highest BCUT2D eigenvalue weighted by atomic mass is 32.2. The van der Waals surface area contributed by atoms with E-state index in [1.165, 1.54) is 28.6 Å². The molecule has 3 N–H and O–H groups in total. The van der Waals surface area contributed by atoms with Crippen LogP contribution in [0.25, 0.3) is 0 Å². The Morgan fingerprint density at radius 1 is 0.938 bits per heavy atom. The van der Waals surface area contributed by atoms with E-state index < -0.39 is 47.6 Å². The minimum absolute atomic E-state index is 0.0724. The number of hydrogen-bond acceptors (Lipinski definition) is 12. The minimum Gasteiger partial charge on any atom is -0.463 e. The minimum atomic E-state index is -1.40. The predicted molar refractivity (Wildman–Crippen MR) is 176 cm³/mol. The number of nitrogens with zero attached hydrogens (tertiary/aromatic N) is 3. The zero-order valence-corrected chi connectivity index (χ0v) is 28.1. The number of nitrogen functional groups attached to an aromatic ring is 1. The average Bonchev–Trinajstić information content (AvgIpc) is 3.67. The van der Waals surface area contributed by atoms with E-state index in [9.17, 15) is 28.4 Å². The number of aromatic amines is 1. The Morgan fingerprint density at radius 3 is 2.17 bits per heavy atom. The number of aryl methyl sites for hydroxylation is 1. The Morgan fingerprint density at radius 2 is 1.54 bits per heavy atom. The van der Waals surface area contributed by atoms with E-state index in [0.29, 0.717) is 24.2 Å². The molecule has 2 aromatic heterocycles. The normalized spacial score (nSPS) is 22.2. The molecule has 0 aromatic carbocycles. The van der Waals surface area contributed by atoms with Crippen LogP contribution in [0.3, 0.4) is 0 Å². The van der Waals surface area contributed by atoms with Crippen LogP contribution in [0, 0.1) is 6.92 Å². The van der Waals surface area contributed by atoms with Gasteiger partial charge in [0.15, 0.2) is 0 Å². The lowest BCUT2D eigenvalue weighted by Crippen LogP contribution is -2.33. The Hall–Kier alpha value is -3.50. The fourth-order valence-corrected chi connectivity index (χ4v) is 6.55. The van der Waals surface area contributed by atoms with Gasteiger partial charge in [-0.1, -0.05) is 51.4 Å². The largest absolute Gasteiger partial charge is 0.463 e. The maximum absolute atomic E-state index is 14.5. The summed E-state index contributed by atoms with van der Waals surface area (Å²) in [5.41, 5.74) is 3.86. The number of nitrogens with two attached hydrogens (primary N) is 1. The highest BCUT2D eigenvalue weighted by molar-refractivity contribution is 8.00. The Balaban J connectivity index is 0.933. The molecule has 0 radical (unpaired) electrons. The van der Waals surface area contributed by atoms with Crippen molar-refractivity contribution in [2.24, 2.45) is 0 Å². The third kappa shape index (κ3) is 11.6. The molecule has 0 bridgehead atoms. The molecule has 2 aliphatic heterocycles. The topological polar surface area (TPSA) is 187 Å². The van der Waals surface area contributed by atoms with Crippen molar-refractivity contribution in [1.82, 2.24) is 19.1 Å². The van der Waals surface area contributed by atoms with Crippen molar-refractivity contribution in [3.05, 3.63) is 55.3 Å². The molecule has 2 saturated heterocycles. The molecular formula is C32H46FN5O9S. The molecule has 4 rings (SSSR count). The molecule has 16 heteroatoms. The van der Waals surface area contributed by atoms with Crippen molar-refractivity contribution >= 4 is 29.5 Å². The fraction of sp³-hybridized carbons (Fsp3) is 0.688. The van der Waals surface area contributed by atoms with Gasteiger partial charge in [0.05, 0.1) is 0 Å². The number of alkyl halides is 1. The summed E-state index contributed by atoms with van der Waals surface area (Å²) in [6, 6.07) is 1.54. The van der Waals surface area contributed by atoms with Gasteiger partial charge in [0.2, 0.25) is 0 Å². The zero-order chi connectivity index (χ0) is 34.5. The summed E-state index contributed by atoms with van der Waals surface area (Å²) >= 11 is 1.48. The van der Waals surface area contributed by atoms with Crippen LogP contribution >= 0.6 is 11.8 Å². The Bertz CT molecular complexity index is 1530. The van der Waals surface area contributed by atoms with E-state index in [4.69, 9.17) is 24.7 Å². The summed E-state index contributed by atoms with van der Waals surface area (Å²) in [5.74, 6) is 0.0575. The number of hydrogen-bond donors (Lipinski definition) is 2. The van der Waals surface area contributed by atoms with Crippen LogP contribution in [0.15, 0.2) is 32.8 Å². The monoisotopic (exact) mass is 695 g/mol. The average molecular weight is 696 g/mol. The highest BCUT2D eigenvalue weighted by Crippen LogP contribution is 2.32. The summed E-state index contributed by atoms with van der Waals surface area (Å²) in [7, 11) is 0. The second-order valence-electron chi connectivity index (χ2n) is 12.2. The summed E-state index contributed by atoms with van der Waals surface area (Å²) in [5, 5.41) is 0. The van der Waals surface area contributed by atoms with E-state index in [1.807, 2.05) is 0 Å². The molecule has 5 atom stereocenters. The molecule has 2 aliphatic rings. The predicted octanol–water partition coefficient (Wildman–Crippen LogP) is 3.67. The SMILES string of the molecule is Cc1cn([C@H]2C[C@H](F)[C@@H](COC(=O)CCCCCCCCCCCCC(=O)OC[C@@H]3O[C@H](n4ccc(N)nc4=O)CS3)O2)c(=O)[nH]c1=O. The summed E-state index contributed by atoms with van der Waals surface area (Å²) < 4.78 is 39.0. The first-order valence-electron chi connectivity index (χ1n) is 16.6. The maximum atomic E-state index is 14.5. The quantitative estimate of drug-likeness (QED) is 0.161. The number of carbonyl (C=O) groups excluding carboxylic acids is 2. The highest BCUT2D eigenvalue weighted by Gasteiger charge is 2.38. The number of thioether (sulfide) groups is 1. The molecule has 0 saturated carbocycles. The van der Waals surface area contributed by atoms with Crippen molar-refractivity contribution in [3.8, 4) is 0 Å². The summed E-state index contributed by atoms with van der Waals surface area (Å²) in [6.07, 6.45) is 9.56. The number of carbonyl (C=O) groups is 2. The molecule has 0 amide bonds. The number of aromatic nitrogens is 4. The Kier molecular flexibility index (Phi) is 14.7. The lowest BCUT2D eigenvalue weighted by Gasteiger charge is -2.16. The number of rotatable bonds is 19. The van der Waals surface area contributed by atoms with Crippen LogP contribution in [0.2, 0.25) is 0 Å². The molecule has 2 fully saturated rings. The van der Waals surface area contributed by atoms with E-state index in [1.54, 1.807) is 13.1 Å². The van der Waals surface area contributed by atoms with E-state index in [2.05, 4.69) is 9.97 Å². The van der Waals surface area contributed by atoms with Gasteiger partial charge in [0.25, 0.3) is 5.56 Å². The zero-order valence-electron chi connectivity index (χ0n) is 27.3. The number of unbranched alkanes of at least 4 members (excludes halogenated alkanes) is 9. The number of nitrogens with one attached hydrogen (secondary N) is 1. The van der Waals surface area contributed by atoms with E-state index >= 15 is 0 Å². The van der Waals surface area contributed by atoms with Crippen molar-refractivity contribution in [2.75, 3.05) is 24.7 Å². The lowest BCUT2D eigenvalue weighted by atomic mass is 10.1. The first-order valence-corrected chi connectivity index (χ1v) is 17.7. The summed E-state index contributed by atoms with van der Waals surface area (Å²) in [6.45, 7) is 1.46. The third-order valence-electron chi connectivity index (χ3n) is 8.31. The van der Waals surface area contributed by atoms with E-state index in [0.717, 1.165) is 62.4 Å². The fourth-order valence-electron chi connectivity index (χ4n) is 5.56. The molecular weight excluding hydrogens is 649 g/mol. The van der Waals surface area contributed by atoms with Crippen LogP contribution in [0.5, 0.6) is 0 Å². The van der Waals surface area contributed by atoms with Gasteiger partial charge >= 0.3 is 23.3 Å². The van der Waals surface area contributed by atoms with Crippen LogP contribution in [-0.4, -0.2) is 67.7 Å². The first kappa shape index (κ1) is 37.3. The van der Waals surface area contributed by atoms with E-state index in [-0.39, 0.29) is 43.3 Å². The van der Waals surface area contributed by atoms with Gasteiger partial charge in [-0.3, -0.25) is 28.5 Å². The van der Waals surface area contributed by atoms with Gasteiger partial charge in [-0.25, -0.2) is 14.0 Å². The van der Waals surface area contributed by atoms with Crippen molar-refractivity contribution in [3.63, 3.8) is 0 Å². The number of ether oxygens (including phenoxy) is 4. The van der Waals surface area contributed by atoms with Gasteiger partial charge in [0, 0.05) is 43.0 Å². The third-order valence-corrected chi connectivity index (χ3v) is 9.41. The number of H-pyrrole nitrogens is 1. The molecule has 266 valence electrons. The summed E-state index contributed by atoms with van der Waals surface area (Å²) in [4.78, 5) is 65.7. The van der Waals surface area contributed by atoms with Gasteiger partial charge in [0.1, 0.15) is 49.2 Å². The van der Waals surface area contributed by atoms with Gasteiger partial charge < -0.3 is 24.7 Å². The standard InChI is InChI=1S/C32H46FN5O9S/c1-21-17-38(32(43)36-30(21)41)25-16-22(33)23(46-25)18-44-27(39)12-10-8-6-4-2-3-5-7-9-11-13-28(40)45-19-29-47-26(20-48-29)37-15-14-24(34)35-31(37)42/h14-15,17,22-23,25-26,29H,2-13,16,18-20H2,1H3,(H2,34,35,42)(H,36,41,43)/t22-,23+,25+,26-,29+/m0/s1. The second-order valence-corrected chi connectivity index (χ2v) is 13.3. The maximum Gasteiger partial charge on any atom is 0.351 e. The van der Waals surface area contributed by atoms with Gasteiger partial charge in [-0.05, 0) is 25.8 Å². The smallest absolute Gasteiger partial charge is 0.351 e. The lowest BCUT2D eigenvalue weighted by molar-refractivity contribution is -0.149. The Labute approximate surface area is 281 Å². The van der Waals surface area contributed by atoms with Crippen LogP contribution in [0.1, 0.15) is 101 Å². The van der Waals surface area contributed by atoms with Crippen molar-refractivity contribution in [2.45, 2.75) is 121 Å². The molecule has 48 heavy (non-hydrogen) atoms. The van der Waals surface area contributed by atoms with Crippen LogP contribution < -0.4 is 22.7 Å². The molecule has 14 nitrogen and oxygen atoms in total. The molecule has 0 unspecified atom stereocenters. The molecule has 0 spiro atoms. The molecule has 4 heterocycles. The molecule has 0 aliphatic carbocycles. The number of anilines is 1. The molecule has 2 aromatic rings. The van der Waals surface area contributed by atoms with Crippen LogP contribution in [0.4, 0.5) is 10.2 Å². The van der Waals surface area contributed by atoms with Crippen LogP contribution in [-0.2, 0) is 28.5 Å². The number of halogens is 1.